The lowest BCUT2D eigenvalue weighted by Gasteiger charge is -2.14. The predicted octanol–water partition coefficient (Wildman–Crippen LogP) is 1.14. The minimum Gasteiger partial charge on any atom is -0.481 e. The zero-order chi connectivity index (χ0) is 13.9. The van der Waals surface area contributed by atoms with Crippen molar-refractivity contribution in [2.75, 3.05) is 0 Å². The summed E-state index contributed by atoms with van der Waals surface area (Å²) in [6.45, 7) is 2.37. The van der Waals surface area contributed by atoms with E-state index in [2.05, 4.69) is 4.98 Å². The minimum atomic E-state index is -2.65. The predicted molar refractivity (Wildman–Crippen MR) is 59.9 cm³/mol. The molecular formula is C11H14F2N2O3. The number of nitrogens with zero attached hydrogens (tertiary/aromatic N) is 2. The Balaban J connectivity index is 3.17. The highest BCUT2D eigenvalue weighted by Crippen LogP contribution is 2.13. The SMILES string of the molecule is Cc1nc(=O)n(CC(F)F)c(C)c1CCC(=O)O. The van der Waals surface area contributed by atoms with Crippen LogP contribution in [0.1, 0.15) is 23.4 Å². The van der Waals surface area contributed by atoms with Crippen molar-refractivity contribution in [1.82, 2.24) is 9.55 Å². The molecule has 0 saturated heterocycles. The lowest BCUT2D eigenvalue weighted by atomic mass is 10.1. The first-order chi connectivity index (χ1) is 8.32. The molecule has 0 aliphatic rings. The highest BCUT2D eigenvalue weighted by atomic mass is 19.3. The van der Waals surface area contributed by atoms with Gasteiger partial charge in [-0.1, -0.05) is 0 Å². The van der Waals surface area contributed by atoms with E-state index in [0.29, 0.717) is 17.0 Å². The fourth-order valence-corrected chi connectivity index (χ4v) is 1.79. The van der Waals surface area contributed by atoms with E-state index in [0.717, 1.165) is 4.57 Å². The van der Waals surface area contributed by atoms with Gasteiger partial charge in [-0.3, -0.25) is 9.36 Å². The van der Waals surface area contributed by atoms with Crippen LogP contribution in [0.2, 0.25) is 0 Å². The Morgan fingerprint density at radius 3 is 2.56 bits per heavy atom. The maximum atomic E-state index is 12.3. The van der Waals surface area contributed by atoms with E-state index in [4.69, 9.17) is 5.11 Å². The molecule has 0 aliphatic carbocycles. The van der Waals surface area contributed by atoms with Crippen molar-refractivity contribution < 1.29 is 18.7 Å². The van der Waals surface area contributed by atoms with Gasteiger partial charge in [-0.2, -0.15) is 4.98 Å². The van der Waals surface area contributed by atoms with Crippen molar-refractivity contribution in [3.63, 3.8) is 0 Å². The molecule has 1 aromatic rings. The maximum Gasteiger partial charge on any atom is 0.348 e. The van der Waals surface area contributed by atoms with Crippen molar-refractivity contribution in [2.45, 2.75) is 39.7 Å². The summed E-state index contributed by atoms with van der Waals surface area (Å²) in [6, 6.07) is 0. The largest absolute Gasteiger partial charge is 0.481 e. The quantitative estimate of drug-likeness (QED) is 0.861. The van der Waals surface area contributed by atoms with E-state index in [-0.39, 0.29) is 12.8 Å². The molecule has 0 spiro atoms. The van der Waals surface area contributed by atoms with Crippen molar-refractivity contribution in [3.8, 4) is 0 Å². The van der Waals surface area contributed by atoms with Crippen LogP contribution in [0.4, 0.5) is 8.78 Å². The molecule has 0 aromatic carbocycles. The second-order valence-corrected chi connectivity index (χ2v) is 3.94. The van der Waals surface area contributed by atoms with Crippen LogP contribution in [0.5, 0.6) is 0 Å². The summed E-state index contributed by atoms with van der Waals surface area (Å²) < 4.78 is 25.6. The summed E-state index contributed by atoms with van der Waals surface area (Å²) in [5.41, 5.74) is 0.556. The van der Waals surface area contributed by atoms with Crippen molar-refractivity contribution in [3.05, 3.63) is 27.4 Å². The van der Waals surface area contributed by atoms with E-state index >= 15 is 0 Å². The van der Waals surface area contributed by atoms with Crippen LogP contribution < -0.4 is 5.69 Å². The van der Waals surface area contributed by atoms with Crippen LogP contribution in [0.25, 0.3) is 0 Å². The van der Waals surface area contributed by atoms with Gasteiger partial charge in [0.05, 0.1) is 6.54 Å². The van der Waals surface area contributed by atoms with E-state index in [9.17, 15) is 18.4 Å². The molecule has 0 aliphatic heterocycles. The molecule has 0 amide bonds. The van der Waals surface area contributed by atoms with Gasteiger partial charge in [-0.25, -0.2) is 13.6 Å². The third-order valence-electron chi connectivity index (χ3n) is 2.68. The molecule has 1 N–H and O–H groups in total. The van der Waals surface area contributed by atoms with E-state index in [1.165, 1.54) is 6.92 Å². The smallest absolute Gasteiger partial charge is 0.348 e. The number of aryl methyl sites for hydroxylation is 1. The Hall–Kier alpha value is -1.79. The standard InChI is InChI=1S/C11H14F2N2O3/c1-6-8(3-4-10(16)17)7(2)15(5-9(12)13)11(18)14-6/h9H,3-5H2,1-2H3,(H,16,17). The number of carbonyl (C=O) groups is 1. The molecule has 0 radical (unpaired) electrons. The highest BCUT2D eigenvalue weighted by Gasteiger charge is 2.15. The minimum absolute atomic E-state index is 0.129. The number of halogens is 2. The average molecular weight is 260 g/mol. The molecule has 0 saturated carbocycles. The summed E-state index contributed by atoms with van der Waals surface area (Å²) in [5.74, 6) is -0.986. The molecular weight excluding hydrogens is 246 g/mol. The number of aliphatic carboxylic acids is 1. The molecule has 1 heterocycles. The molecule has 0 bridgehead atoms. The van der Waals surface area contributed by atoms with Gasteiger partial charge >= 0.3 is 11.7 Å². The second kappa shape index (κ2) is 5.70. The van der Waals surface area contributed by atoms with Crippen molar-refractivity contribution in [1.29, 1.82) is 0 Å². The number of rotatable bonds is 5. The molecule has 1 rings (SSSR count). The van der Waals surface area contributed by atoms with Gasteiger partial charge in [0, 0.05) is 17.8 Å². The van der Waals surface area contributed by atoms with Crippen LogP contribution in [0.3, 0.4) is 0 Å². The topological polar surface area (TPSA) is 72.2 Å². The highest BCUT2D eigenvalue weighted by molar-refractivity contribution is 5.67. The van der Waals surface area contributed by atoms with Gasteiger partial charge in [0.1, 0.15) is 0 Å². The normalized spacial score (nSPS) is 10.9. The van der Waals surface area contributed by atoms with Gasteiger partial charge < -0.3 is 5.11 Å². The Morgan fingerprint density at radius 1 is 1.44 bits per heavy atom. The van der Waals surface area contributed by atoms with Crippen LogP contribution in [-0.4, -0.2) is 27.1 Å². The number of carboxylic acids is 1. The van der Waals surface area contributed by atoms with Gasteiger partial charge in [0.25, 0.3) is 6.43 Å². The van der Waals surface area contributed by atoms with Gasteiger partial charge in [0.15, 0.2) is 0 Å². The first-order valence-corrected chi connectivity index (χ1v) is 5.39. The second-order valence-electron chi connectivity index (χ2n) is 3.94. The number of hydrogen-bond donors (Lipinski definition) is 1. The molecule has 0 fully saturated rings. The summed E-state index contributed by atoms with van der Waals surface area (Å²) >= 11 is 0. The fraction of sp³-hybridized carbons (Fsp3) is 0.545. The zero-order valence-corrected chi connectivity index (χ0v) is 10.1. The third-order valence-corrected chi connectivity index (χ3v) is 2.68. The molecule has 100 valence electrons. The molecule has 0 unspecified atom stereocenters. The van der Waals surface area contributed by atoms with Crippen molar-refractivity contribution >= 4 is 5.97 Å². The van der Waals surface area contributed by atoms with E-state index in [1.807, 2.05) is 0 Å². The molecule has 5 nitrogen and oxygen atoms in total. The number of aromatic nitrogens is 2. The van der Waals surface area contributed by atoms with Crippen LogP contribution in [0.15, 0.2) is 4.79 Å². The van der Waals surface area contributed by atoms with E-state index in [1.54, 1.807) is 6.92 Å². The third kappa shape index (κ3) is 3.35. The Bertz CT molecular complexity index is 512. The van der Waals surface area contributed by atoms with Gasteiger partial charge in [-0.05, 0) is 25.8 Å². The maximum absolute atomic E-state index is 12.3. The molecule has 0 atom stereocenters. The summed E-state index contributed by atoms with van der Waals surface area (Å²) in [7, 11) is 0. The Morgan fingerprint density at radius 2 is 2.06 bits per heavy atom. The monoisotopic (exact) mass is 260 g/mol. The zero-order valence-electron chi connectivity index (χ0n) is 10.1. The molecule has 18 heavy (non-hydrogen) atoms. The number of carboxylic acid groups (broad SMARTS) is 1. The fourth-order valence-electron chi connectivity index (χ4n) is 1.79. The summed E-state index contributed by atoms with van der Waals surface area (Å²) in [5, 5.41) is 8.62. The average Bonchev–Trinajstić information content (AvgIpc) is 2.23. The van der Waals surface area contributed by atoms with Crippen LogP contribution in [0, 0.1) is 13.8 Å². The molecule has 1 aromatic heterocycles. The number of alkyl halides is 2. The van der Waals surface area contributed by atoms with Crippen LogP contribution in [-0.2, 0) is 17.8 Å². The van der Waals surface area contributed by atoms with Crippen LogP contribution >= 0.6 is 0 Å². The first-order valence-electron chi connectivity index (χ1n) is 5.39. The van der Waals surface area contributed by atoms with Gasteiger partial charge in [0.2, 0.25) is 0 Å². The lowest BCUT2D eigenvalue weighted by molar-refractivity contribution is -0.136. The van der Waals surface area contributed by atoms with E-state index < -0.39 is 24.6 Å². The number of hydrogen-bond acceptors (Lipinski definition) is 3. The summed E-state index contributed by atoms with van der Waals surface area (Å²) in [6.07, 6.45) is -2.61. The van der Waals surface area contributed by atoms with Crippen molar-refractivity contribution in [2.24, 2.45) is 0 Å². The van der Waals surface area contributed by atoms with Gasteiger partial charge in [-0.15, -0.1) is 0 Å². The Labute approximate surface area is 102 Å². The molecule has 7 heteroatoms. The first kappa shape index (κ1) is 14.3. The lowest BCUT2D eigenvalue weighted by Crippen LogP contribution is -2.30. The summed E-state index contributed by atoms with van der Waals surface area (Å²) in [4.78, 5) is 25.7. The Kier molecular flexibility index (Phi) is 4.52.